The van der Waals surface area contributed by atoms with Crippen molar-refractivity contribution in [2.24, 2.45) is 0 Å². The summed E-state index contributed by atoms with van der Waals surface area (Å²) in [5, 5.41) is 16.2. The summed E-state index contributed by atoms with van der Waals surface area (Å²) in [6.07, 6.45) is 1.46. The lowest BCUT2D eigenvalue weighted by Gasteiger charge is -2.12. The number of amides is 2. The van der Waals surface area contributed by atoms with Crippen LogP contribution in [0.1, 0.15) is 21.5 Å². The molecule has 0 aliphatic heterocycles. The van der Waals surface area contributed by atoms with Crippen LogP contribution in [0.25, 0.3) is 6.08 Å². The molecule has 8 nitrogen and oxygen atoms in total. The summed E-state index contributed by atoms with van der Waals surface area (Å²) in [5.74, 6) is -0.960. The van der Waals surface area contributed by atoms with Crippen LogP contribution in [0.5, 0.6) is 0 Å². The third kappa shape index (κ3) is 6.01. The number of hydrogen-bond acceptors (Lipinski definition) is 5. The minimum Gasteiger partial charge on any atom is -0.399 e. The van der Waals surface area contributed by atoms with Gasteiger partial charge in [-0.3, -0.25) is 19.7 Å². The van der Waals surface area contributed by atoms with E-state index in [1.807, 2.05) is 6.07 Å². The van der Waals surface area contributed by atoms with Crippen molar-refractivity contribution in [3.63, 3.8) is 0 Å². The first-order valence-corrected chi connectivity index (χ1v) is 9.37. The van der Waals surface area contributed by atoms with Gasteiger partial charge in [-0.25, -0.2) is 0 Å². The maximum Gasteiger partial charge on any atom is 0.269 e. The number of nitrogens with one attached hydrogen (secondary N) is 2. The number of nitrogens with zero attached hydrogens (tertiary/aromatic N) is 1. The summed E-state index contributed by atoms with van der Waals surface area (Å²) in [5.41, 5.74) is 7.99. The summed E-state index contributed by atoms with van der Waals surface area (Å²) in [7, 11) is 0. The van der Waals surface area contributed by atoms with Crippen molar-refractivity contribution in [2.45, 2.75) is 6.54 Å². The third-order valence-corrected chi connectivity index (χ3v) is 4.35. The number of non-ortho nitro benzene ring substituents is 1. The molecule has 3 rings (SSSR count). The van der Waals surface area contributed by atoms with E-state index >= 15 is 0 Å². The average Bonchev–Trinajstić information content (AvgIpc) is 2.78. The molecule has 4 N–H and O–H groups in total. The van der Waals surface area contributed by atoms with Gasteiger partial charge in [0.05, 0.1) is 4.92 Å². The highest BCUT2D eigenvalue weighted by molar-refractivity contribution is 6.05. The summed E-state index contributed by atoms with van der Waals surface area (Å²) >= 11 is 0. The number of carbonyl (C=O) groups is 2. The van der Waals surface area contributed by atoms with E-state index < -0.39 is 16.7 Å². The second kappa shape index (κ2) is 9.84. The number of rotatable bonds is 7. The second-order valence-electron chi connectivity index (χ2n) is 6.65. The largest absolute Gasteiger partial charge is 0.399 e. The normalized spacial score (nSPS) is 10.9. The smallest absolute Gasteiger partial charge is 0.269 e. The number of benzene rings is 3. The Morgan fingerprint density at radius 2 is 1.68 bits per heavy atom. The molecular formula is C23H20N4O4. The molecule has 0 saturated heterocycles. The van der Waals surface area contributed by atoms with Gasteiger partial charge in [0.2, 0.25) is 0 Å². The number of carbonyl (C=O) groups excluding carboxylic acids is 2. The van der Waals surface area contributed by atoms with Gasteiger partial charge in [0.1, 0.15) is 5.70 Å². The summed E-state index contributed by atoms with van der Waals surface area (Å²) < 4.78 is 0. The molecule has 0 spiro atoms. The molecule has 0 bridgehead atoms. The standard InChI is InChI=1S/C23H20N4O4/c24-19-8-4-5-17(13-19)15-25-23(29)21(26-22(28)18-6-2-1-3-7-18)14-16-9-11-20(12-10-16)27(30)31/h1-14H,15,24H2,(H,25,29)(H,26,28)/b21-14-. The maximum absolute atomic E-state index is 12.8. The van der Waals surface area contributed by atoms with E-state index in [0.29, 0.717) is 16.8 Å². The van der Waals surface area contributed by atoms with Crippen LogP contribution in [0.15, 0.2) is 84.6 Å². The molecule has 0 saturated carbocycles. The van der Waals surface area contributed by atoms with Gasteiger partial charge in [0.25, 0.3) is 17.5 Å². The monoisotopic (exact) mass is 416 g/mol. The topological polar surface area (TPSA) is 127 Å². The fourth-order valence-corrected chi connectivity index (χ4v) is 2.78. The zero-order valence-electron chi connectivity index (χ0n) is 16.4. The molecule has 0 heterocycles. The number of nitrogens with two attached hydrogens (primary N) is 1. The highest BCUT2D eigenvalue weighted by Gasteiger charge is 2.15. The van der Waals surface area contributed by atoms with Crippen molar-refractivity contribution in [3.8, 4) is 0 Å². The molecule has 0 fully saturated rings. The van der Waals surface area contributed by atoms with Gasteiger partial charge in [-0.1, -0.05) is 30.3 Å². The van der Waals surface area contributed by atoms with Crippen LogP contribution in [0.2, 0.25) is 0 Å². The van der Waals surface area contributed by atoms with Gasteiger partial charge in [-0.2, -0.15) is 0 Å². The lowest BCUT2D eigenvalue weighted by molar-refractivity contribution is -0.384. The first-order valence-electron chi connectivity index (χ1n) is 9.37. The Kier molecular flexibility index (Phi) is 6.74. The van der Waals surface area contributed by atoms with Gasteiger partial charge >= 0.3 is 0 Å². The van der Waals surface area contributed by atoms with Crippen LogP contribution in [0, 0.1) is 10.1 Å². The summed E-state index contributed by atoms with van der Waals surface area (Å²) in [6.45, 7) is 0.211. The van der Waals surface area contributed by atoms with E-state index in [9.17, 15) is 19.7 Å². The summed E-state index contributed by atoms with van der Waals surface area (Å²) in [4.78, 5) is 35.7. The molecule has 0 radical (unpaired) electrons. The van der Waals surface area contributed by atoms with E-state index in [1.54, 1.807) is 48.5 Å². The van der Waals surface area contributed by atoms with E-state index in [-0.39, 0.29) is 17.9 Å². The molecule has 0 aliphatic carbocycles. The first-order chi connectivity index (χ1) is 14.9. The average molecular weight is 416 g/mol. The predicted molar refractivity (Wildman–Crippen MR) is 118 cm³/mol. The molecule has 3 aromatic rings. The van der Waals surface area contributed by atoms with Crippen molar-refractivity contribution >= 4 is 29.3 Å². The molecule has 0 aliphatic rings. The van der Waals surface area contributed by atoms with E-state index in [4.69, 9.17) is 5.73 Å². The Morgan fingerprint density at radius 1 is 0.968 bits per heavy atom. The molecule has 3 aromatic carbocycles. The van der Waals surface area contributed by atoms with Gasteiger partial charge < -0.3 is 16.4 Å². The van der Waals surface area contributed by atoms with Crippen molar-refractivity contribution in [2.75, 3.05) is 5.73 Å². The van der Waals surface area contributed by atoms with Crippen LogP contribution < -0.4 is 16.4 Å². The van der Waals surface area contributed by atoms with Crippen molar-refractivity contribution in [3.05, 3.63) is 111 Å². The fourth-order valence-electron chi connectivity index (χ4n) is 2.78. The number of nitro benzene ring substituents is 1. The van der Waals surface area contributed by atoms with E-state index in [2.05, 4.69) is 10.6 Å². The minimum atomic E-state index is -0.510. The number of anilines is 1. The Morgan fingerprint density at radius 3 is 2.32 bits per heavy atom. The molecule has 0 atom stereocenters. The van der Waals surface area contributed by atoms with Crippen LogP contribution in [0.4, 0.5) is 11.4 Å². The minimum absolute atomic E-state index is 0.00612. The van der Waals surface area contributed by atoms with Crippen molar-refractivity contribution < 1.29 is 14.5 Å². The Balaban J connectivity index is 1.82. The first kappa shape index (κ1) is 21.3. The highest BCUT2D eigenvalue weighted by Crippen LogP contribution is 2.14. The molecule has 156 valence electrons. The number of hydrogen-bond donors (Lipinski definition) is 3. The quantitative estimate of drug-likeness (QED) is 0.236. The molecule has 8 heteroatoms. The number of nitro groups is 1. The molecular weight excluding hydrogens is 396 g/mol. The van der Waals surface area contributed by atoms with Crippen LogP contribution in [-0.2, 0) is 11.3 Å². The van der Waals surface area contributed by atoms with E-state index in [0.717, 1.165) is 5.56 Å². The second-order valence-corrected chi connectivity index (χ2v) is 6.65. The van der Waals surface area contributed by atoms with Gasteiger partial charge in [0.15, 0.2) is 0 Å². The SMILES string of the molecule is Nc1cccc(CNC(=O)/C(=C/c2ccc([N+](=O)[O-])cc2)NC(=O)c2ccccc2)c1. The van der Waals surface area contributed by atoms with Crippen LogP contribution in [-0.4, -0.2) is 16.7 Å². The van der Waals surface area contributed by atoms with Crippen molar-refractivity contribution in [1.82, 2.24) is 10.6 Å². The lowest BCUT2D eigenvalue weighted by Crippen LogP contribution is -2.34. The molecule has 0 unspecified atom stereocenters. The maximum atomic E-state index is 12.8. The Hall–Kier alpha value is -4.46. The zero-order valence-corrected chi connectivity index (χ0v) is 16.4. The van der Waals surface area contributed by atoms with Crippen LogP contribution >= 0.6 is 0 Å². The molecule has 0 aromatic heterocycles. The summed E-state index contributed by atoms with van der Waals surface area (Å²) in [6, 6.07) is 21.2. The zero-order chi connectivity index (χ0) is 22.2. The molecule has 31 heavy (non-hydrogen) atoms. The van der Waals surface area contributed by atoms with Gasteiger partial charge in [-0.05, 0) is 53.6 Å². The third-order valence-electron chi connectivity index (χ3n) is 4.35. The molecule has 2 amide bonds. The van der Waals surface area contributed by atoms with Crippen molar-refractivity contribution in [1.29, 1.82) is 0 Å². The predicted octanol–water partition coefficient (Wildman–Crippen LogP) is 3.26. The van der Waals surface area contributed by atoms with Crippen LogP contribution in [0.3, 0.4) is 0 Å². The number of nitrogen functional groups attached to an aromatic ring is 1. The fraction of sp³-hybridized carbons (Fsp3) is 0.0435. The Labute approximate surface area is 178 Å². The highest BCUT2D eigenvalue weighted by atomic mass is 16.6. The Bertz CT molecular complexity index is 1130. The lowest BCUT2D eigenvalue weighted by atomic mass is 10.1. The van der Waals surface area contributed by atoms with Gasteiger partial charge in [-0.15, -0.1) is 0 Å². The van der Waals surface area contributed by atoms with E-state index in [1.165, 1.54) is 30.3 Å². The van der Waals surface area contributed by atoms with Gasteiger partial charge in [0, 0.05) is 29.9 Å².